The summed E-state index contributed by atoms with van der Waals surface area (Å²) in [6.07, 6.45) is 0. The lowest BCUT2D eigenvalue weighted by Crippen LogP contribution is -2.18. The molecule has 80 valence electrons. The Hall–Kier alpha value is -0.980. The van der Waals surface area contributed by atoms with E-state index < -0.39 is 0 Å². The molecule has 0 atom stereocenters. The van der Waals surface area contributed by atoms with E-state index in [-0.39, 0.29) is 5.91 Å². The average molecular weight is 266 g/mol. The molecule has 1 fully saturated rings. The summed E-state index contributed by atoms with van der Waals surface area (Å²) in [5, 5.41) is 6.71. The first-order valence-electron chi connectivity index (χ1n) is 4.55. The summed E-state index contributed by atoms with van der Waals surface area (Å²) in [5.41, 5.74) is 1.04. The molecule has 0 radical (unpaired) electrons. The first-order chi connectivity index (χ1) is 7.74. The van der Waals surface area contributed by atoms with E-state index in [0.29, 0.717) is 9.23 Å². The first-order valence-corrected chi connectivity index (χ1v) is 6.59. The van der Waals surface area contributed by atoms with Gasteiger partial charge in [-0.1, -0.05) is 47.9 Å². The van der Waals surface area contributed by atoms with Gasteiger partial charge in [0, 0.05) is 4.90 Å². The Morgan fingerprint density at radius 2 is 1.94 bits per heavy atom. The van der Waals surface area contributed by atoms with Crippen LogP contribution in [0.4, 0.5) is 5.69 Å². The monoisotopic (exact) mass is 266 g/mol. The quantitative estimate of drug-likeness (QED) is 0.558. The van der Waals surface area contributed by atoms with Crippen LogP contribution >= 0.6 is 35.7 Å². The number of amides is 1. The van der Waals surface area contributed by atoms with Crippen molar-refractivity contribution in [2.75, 3.05) is 5.32 Å². The Balaban J connectivity index is 1.99. The van der Waals surface area contributed by atoms with Gasteiger partial charge in [0.05, 0.1) is 10.7 Å². The number of para-hydroxylation sites is 1. The van der Waals surface area contributed by atoms with Gasteiger partial charge in [0.1, 0.15) is 9.23 Å². The van der Waals surface area contributed by atoms with E-state index in [4.69, 9.17) is 12.2 Å². The summed E-state index contributed by atoms with van der Waals surface area (Å²) in [4.78, 5) is 13.4. The maximum atomic E-state index is 11.6. The number of carbonyl (C=O) groups excluding carboxylic acids is 1. The molecule has 2 aliphatic heterocycles. The number of thioether (sulfide) groups is 2. The van der Waals surface area contributed by atoms with E-state index in [2.05, 4.69) is 10.6 Å². The fourth-order valence-corrected chi connectivity index (χ4v) is 3.63. The van der Waals surface area contributed by atoms with Crippen molar-refractivity contribution < 1.29 is 4.79 Å². The van der Waals surface area contributed by atoms with Crippen LogP contribution < -0.4 is 10.6 Å². The molecule has 16 heavy (non-hydrogen) atoms. The molecule has 1 aromatic carbocycles. The van der Waals surface area contributed by atoms with Crippen LogP contribution in [0.3, 0.4) is 0 Å². The fourth-order valence-electron chi connectivity index (χ4n) is 1.48. The molecule has 1 saturated heterocycles. The molecule has 1 aromatic rings. The maximum Gasteiger partial charge on any atom is 0.266 e. The van der Waals surface area contributed by atoms with E-state index in [1.165, 1.54) is 11.8 Å². The van der Waals surface area contributed by atoms with Crippen molar-refractivity contribution >= 4 is 51.7 Å². The van der Waals surface area contributed by atoms with Crippen molar-refractivity contribution in [3.63, 3.8) is 0 Å². The minimum absolute atomic E-state index is 0.113. The van der Waals surface area contributed by atoms with Crippen molar-refractivity contribution in [3.8, 4) is 0 Å². The van der Waals surface area contributed by atoms with Crippen molar-refractivity contribution in [2.45, 2.75) is 4.90 Å². The minimum atomic E-state index is -0.113. The van der Waals surface area contributed by atoms with Crippen molar-refractivity contribution in [1.29, 1.82) is 0 Å². The lowest BCUT2D eigenvalue weighted by atomic mass is 10.3. The molecule has 0 saturated carbocycles. The van der Waals surface area contributed by atoms with Gasteiger partial charge in [-0.15, -0.1) is 0 Å². The molecule has 6 heteroatoms. The Labute approximate surface area is 106 Å². The highest BCUT2D eigenvalue weighted by molar-refractivity contribution is 8.27. The van der Waals surface area contributed by atoms with Crippen LogP contribution in [0.2, 0.25) is 0 Å². The summed E-state index contributed by atoms with van der Waals surface area (Å²) in [7, 11) is 0. The second-order valence-electron chi connectivity index (χ2n) is 3.23. The zero-order valence-corrected chi connectivity index (χ0v) is 10.4. The van der Waals surface area contributed by atoms with Crippen molar-refractivity contribution in [3.05, 3.63) is 34.2 Å². The zero-order chi connectivity index (χ0) is 11.1. The number of hydrogen-bond donors (Lipinski definition) is 2. The van der Waals surface area contributed by atoms with E-state index in [1.54, 1.807) is 11.8 Å². The third-order valence-corrected chi connectivity index (χ3v) is 4.62. The van der Waals surface area contributed by atoms with Crippen molar-refractivity contribution in [2.24, 2.45) is 0 Å². The molecule has 2 aliphatic rings. The Bertz CT molecular complexity index is 512. The second-order valence-corrected chi connectivity index (χ2v) is 5.96. The molecule has 0 spiro atoms. The zero-order valence-electron chi connectivity index (χ0n) is 7.94. The predicted molar refractivity (Wildman–Crippen MR) is 71.3 cm³/mol. The number of fused-ring (bicyclic) bond motifs is 1. The number of benzene rings is 1. The molecule has 0 bridgehead atoms. The van der Waals surface area contributed by atoms with Gasteiger partial charge in [0.2, 0.25) is 0 Å². The van der Waals surface area contributed by atoms with Gasteiger partial charge < -0.3 is 10.6 Å². The third-order valence-electron chi connectivity index (χ3n) is 2.17. The second kappa shape index (κ2) is 3.80. The van der Waals surface area contributed by atoms with Gasteiger partial charge in [0.15, 0.2) is 0 Å². The van der Waals surface area contributed by atoms with Crippen LogP contribution in [0.25, 0.3) is 0 Å². The highest BCUT2D eigenvalue weighted by Crippen LogP contribution is 2.44. The topological polar surface area (TPSA) is 41.1 Å². The summed E-state index contributed by atoms with van der Waals surface area (Å²) in [6.45, 7) is 0. The Morgan fingerprint density at radius 1 is 1.12 bits per heavy atom. The van der Waals surface area contributed by atoms with Gasteiger partial charge >= 0.3 is 0 Å². The smallest absolute Gasteiger partial charge is 0.266 e. The van der Waals surface area contributed by atoms with Crippen LogP contribution in [0.15, 0.2) is 39.1 Å². The highest BCUT2D eigenvalue weighted by atomic mass is 32.2. The molecular weight excluding hydrogens is 260 g/mol. The molecule has 0 aliphatic carbocycles. The summed E-state index contributed by atoms with van der Waals surface area (Å²) < 4.78 is 0.519. The number of anilines is 1. The van der Waals surface area contributed by atoms with Gasteiger partial charge in [-0.25, -0.2) is 0 Å². The Kier molecular flexibility index (Phi) is 2.42. The maximum absolute atomic E-state index is 11.6. The molecule has 2 N–H and O–H groups in total. The number of nitrogens with one attached hydrogen (secondary N) is 2. The van der Waals surface area contributed by atoms with E-state index >= 15 is 0 Å². The van der Waals surface area contributed by atoms with Crippen LogP contribution in [0.5, 0.6) is 0 Å². The van der Waals surface area contributed by atoms with E-state index in [0.717, 1.165) is 15.6 Å². The van der Waals surface area contributed by atoms with Crippen LogP contribution in [0.1, 0.15) is 0 Å². The normalized spacial score (nSPS) is 23.0. The van der Waals surface area contributed by atoms with Gasteiger partial charge in [-0.3, -0.25) is 4.79 Å². The fraction of sp³-hybridized carbons (Fsp3) is 0. The first kappa shape index (κ1) is 10.2. The lowest BCUT2D eigenvalue weighted by molar-refractivity contribution is -0.115. The number of carbonyl (C=O) groups is 1. The standard InChI is InChI=1S/C10H6N2OS3/c13-8-7(16-10(14)12-8)9-11-5-3-1-2-4-6(5)15-9/h1-4,11H,(H,12,13,14). The van der Waals surface area contributed by atoms with Crippen LogP contribution in [-0.4, -0.2) is 10.2 Å². The molecule has 3 rings (SSSR count). The van der Waals surface area contributed by atoms with Gasteiger partial charge in [-0.2, -0.15) is 0 Å². The molecule has 2 heterocycles. The minimum Gasteiger partial charge on any atom is -0.348 e. The molecule has 3 nitrogen and oxygen atoms in total. The number of hydrogen-bond acceptors (Lipinski definition) is 5. The number of rotatable bonds is 0. The molecule has 1 amide bonds. The molecule has 0 unspecified atom stereocenters. The van der Waals surface area contributed by atoms with Crippen molar-refractivity contribution in [1.82, 2.24) is 5.32 Å². The van der Waals surface area contributed by atoms with E-state index in [9.17, 15) is 4.79 Å². The van der Waals surface area contributed by atoms with Gasteiger partial charge in [-0.05, 0) is 12.1 Å². The summed E-state index contributed by atoms with van der Waals surface area (Å²) >= 11 is 7.83. The Morgan fingerprint density at radius 3 is 2.62 bits per heavy atom. The largest absolute Gasteiger partial charge is 0.348 e. The summed E-state index contributed by atoms with van der Waals surface area (Å²) in [6, 6.07) is 7.96. The lowest BCUT2D eigenvalue weighted by Gasteiger charge is -1.99. The van der Waals surface area contributed by atoms with Crippen LogP contribution in [0, 0.1) is 0 Å². The summed E-state index contributed by atoms with van der Waals surface area (Å²) in [5.74, 6) is -0.113. The molecule has 0 aromatic heterocycles. The van der Waals surface area contributed by atoms with Crippen LogP contribution in [-0.2, 0) is 4.79 Å². The molecular formula is C10H6N2OS3. The average Bonchev–Trinajstić information content (AvgIpc) is 2.81. The predicted octanol–water partition coefficient (Wildman–Crippen LogP) is 2.52. The SMILES string of the molecule is O=C1NC(=S)SC1=C1Nc2ccccc2S1. The van der Waals surface area contributed by atoms with E-state index in [1.807, 2.05) is 24.3 Å². The van der Waals surface area contributed by atoms with Gasteiger partial charge in [0.25, 0.3) is 5.91 Å². The number of thiocarbonyl (C=S) groups is 1. The third kappa shape index (κ3) is 1.63. The highest BCUT2D eigenvalue weighted by Gasteiger charge is 2.29.